The molecule has 2 aromatic carbocycles. The van der Waals surface area contributed by atoms with Crippen LogP contribution in [0.15, 0.2) is 53.6 Å². The summed E-state index contributed by atoms with van der Waals surface area (Å²) in [5.74, 6) is 0.364. The van der Waals surface area contributed by atoms with E-state index >= 15 is 0 Å². The smallest absolute Gasteiger partial charge is 0.270 e. The van der Waals surface area contributed by atoms with E-state index in [0.717, 1.165) is 24.4 Å². The SMILES string of the molecule is NS(=O)(=O)c1cc([N+](=O)[O-])ccc1N1CCC(c2c[nH]c3ccccc23)CC1. The van der Waals surface area contributed by atoms with Gasteiger partial charge in [0.25, 0.3) is 5.69 Å². The van der Waals surface area contributed by atoms with E-state index in [1.165, 1.54) is 23.1 Å². The fraction of sp³-hybridized carbons (Fsp3) is 0.263. The molecular weight excluding hydrogens is 380 g/mol. The van der Waals surface area contributed by atoms with E-state index in [1.807, 2.05) is 29.3 Å². The number of piperidine rings is 1. The number of non-ortho nitro benzene ring substituents is 1. The van der Waals surface area contributed by atoms with Crippen molar-refractivity contribution in [2.24, 2.45) is 5.14 Å². The Morgan fingerprint density at radius 1 is 1.14 bits per heavy atom. The van der Waals surface area contributed by atoms with Crippen LogP contribution in [0.4, 0.5) is 11.4 Å². The van der Waals surface area contributed by atoms with Gasteiger partial charge in [0.2, 0.25) is 10.0 Å². The van der Waals surface area contributed by atoms with Crippen LogP contribution in [0.3, 0.4) is 0 Å². The Bertz CT molecular complexity index is 1150. The number of nitrogens with zero attached hydrogens (tertiary/aromatic N) is 2. The van der Waals surface area contributed by atoms with Gasteiger partial charge in [0, 0.05) is 42.3 Å². The van der Waals surface area contributed by atoms with Gasteiger partial charge >= 0.3 is 0 Å². The monoisotopic (exact) mass is 400 g/mol. The molecule has 0 spiro atoms. The standard InChI is InChI=1S/C19H20N4O4S/c20-28(26,27)19-11-14(23(24)25)5-6-18(19)22-9-7-13(8-10-22)16-12-21-17-4-2-1-3-15(16)17/h1-6,11-13,21H,7-10H2,(H2,20,26,27). The molecule has 1 aliphatic rings. The number of fused-ring (bicyclic) bond motifs is 1. The average molecular weight is 400 g/mol. The first kappa shape index (κ1) is 18.5. The molecule has 1 aliphatic heterocycles. The number of hydrogen-bond acceptors (Lipinski definition) is 5. The van der Waals surface area contributed by atoms with Gasteiger partial charge < -0.3 is 9.88 Å². The summed E-state index contributed by atoms with van der Waals surface area (Å²) in [5.41, 5.74) is 2.50. The molecule has 0 radical (unpaired) electrons. The molecule has 28 heavy (non-hydrogen) atoms. The molecule has 2 heterocycles. The van der Waals surface area contributed by atoms with Gasteiger partial charge in [-0.25, -0.2) is 13.6 Å². The molecule has 146 valence electrons. The van der Waals surface area contributed by atoms with E-state index in [2.05, 4.69) is 11.1 Å². The number of aromatic amines is 1. The number of sulfonamides is 1. The zero-order valence-electron chi connectivity index (χ0n) is 15.0. The summed E-state index contributed by atoms with van der Waals surface area (Å²) in [6.07, 6.45) is 3.75. The van der Waals surface area contributed by atoms with Gasteiger partial charge in [-0.2, -0.15) is 0 Å². The first-order valence-electron chi connectivity index (χ1n) is 8.97. The van der Waals surface area contributed by atoms with E-state index in [1.54, 1.807) is 0 Å². The number of primary sulfonamides is 1. The molecule has 3 aromatic rings. The lowest BCUT2D eigenvalue weighted by atomic mass is 9.89. The second kappa shape index (κ2) is 6.92. The molecular formula is C19H20N4O4S. The van der Waals surface area contributed by atoms with Gasteiger partial charge in [-0.15, -0.1) is 0 Å². The van der Waals surface area contributed by atoms with Crippen LogP contribution in [-0.4, -0.2) is 31.4 Å². The predicted molar refractivity (Wildman–Crippen MR) is 107 cm³/mol. The third-order valence-corrected chi connectivity index (χ3v) is 6.30. The Labute approximate surface area is 162 Å². The van der Waals surface area contributed by atoms with Crippen LogP contribution in [0, 0.1) is 10.1 Å². The summed E-state index contributed by atoms with van der Waals surface area (Å²) in [6.45, 7) is 1.29. The lowest BCUT2D eigenvalue weighted by Gasteiger charge is -2.34. The van der Waals surface area contributed by atoms with Gasteiger partial charge in [0.05, 0.1) is 10.6 Å². The molecule has 0 saturated carbocycles. The van der Waals surface area contributed by atoms with Gasteiger partial charge in [0.15, 0.2) is 0 Å². The van der Waals surface area contributed by atoms with E-state index in [9.17, 15) is 18.5 Å². The van der Waals surface area contributed by atoms with Crippen LogP contribution in [0.2, 0.25) is 0 Å². The molecule has 3 N–H and O–H groups in total. The largest absolute Gasteiger partial charge is 0.370 e. The fourth-order valence-electron chi connectivity index (χ4n) is 3.97. The third kappa shape index (κ3) is 3.34. The number of para-hydroxylation sites is 1. The molecule has 0 aliphatic carbocycles. The van der Waals surface area contributed by atoms with Crippen LogP contribution in [0.5, 0.6) is 0 Å². The van der Waals surface area contributed by atoms with Gasteiger partial charge in [-0.3, -0.25) is 10.1 Å². The summed E-state index contributed by atoms with van der Waals surface area (Å²) < 4.78 is 24.0. The Kier molecular flexibility index (Phi) is 4.56. The van der Waals surface area contributed by atoms with Gasteiger partial charge in [-0.05, 0) is 36.5 Å². The Balaban J connectivity index is 1.59. The van der Waals surface area contributed by atoms with Crippen molar-refractivity contribution in [3.8, 4) is 0 Å². The van der Waals surface area contributed by atoms with E-state index in [0.29, 0.717) is 24.7 Å². The highest BCUT2D eigenvalue weighted by atomic mass is 32.2. The zero-order chi connectivity index (χ0) is 19.9. The van der Waals surface area contributed by atoms with Crippen molar-refractivity contribution in [3.05, 3.63) is 64.3 Å². The molecule has 9 heteroatoms. The summed E-state index contributed by atoms with van der Waals surface area (Å²) in [5, 5.41) is 17.5. The molecule has 1 saturated heterocycles. The van der Waals surface area contributed by atoms with Crippen LogP contribution in [-0.2, 0) is 10.0 Å². The minimum absolute atomic E-state index is 0.202. The van der Waals surface area contributed by atoms with Crippen LogP contribution >= 0.6 is 0 Å². The molecule has 1 aromatic heterocycles. The highest BCUT2D eigenvalue weighted by Gasteiger charge is 2.27. The number of nitro groups is 1. The molecule has 8 nitrogen and oxygen atoms in total. The fourth-order valence-corrected chi connectivity index (χ4v) is 4.74. The number of rotatable bonds is 4. The van der Waals surface area contributed by atoms with E-state index in [-0.39, 0.29) is 10.6 Å². The summed E-state index contributed by atoms with van der Waals surface area (Å²) in [4.78, 5) is 15.4. The van der Waals surface area contributed by atoms with E-state index in [4.69, 9.17) is 5.14 Å². The second-order valence-corrected chi connectivity index (χ2v) is 8.53. The molecule has 0 amide bonds. The molecule has 0 atom stereocenters. The van der Waals surface area contributed by atoms with Crippen molar-refractivity contribution in [3.63, 3.8) is 0 Å². The van der Waals surface area contributed by atoms with Crippen LogP contribution < -0.4 is 10.0 Å². The first-order valence-corrected chi connectivity index (χ1v) is 10.5. The summed E-state index contributed by atoms with van der Waals surface area (Å²) in [7, 11) is -4.08. The quantitative estimate of drug-likeness (QED) is 0.515. The Morgan fingerprint density at radius 2 is 1.86 bits per heavy atom. The maximum atomic E-state index is 12.0. The topological polar surface area (TPSA) is 122 Å². The number of nitro benzene ring substituents is 1. The van der Waals surface area contributed by atoms with Gasteiger partial charge in [-0.1, -0.05) is 18.2 Å². The van der Waals surface area contributed by atoms with Crippen molar-refractivity contribution in [2.75, 3.05) is 18.0 Å². The average Bonchev–Trinajstić information content (AvgIpc) is 3.11. The van der Waals surface area contributed by atoms with Crippen molar-refractivity contribution in [1.82, 2.24) is 4.98 Å². The summed E-state index contributed by atoms with van der Waals surface area (Å²) >= 11 is 0. The number of benzene rings is 2. The number of nitrogens with one attached hydrogen (secondary N) is 1. The van der Waals surface area contributed by atoms with E-state index < -0.39 is 14.9 Å². The molecule has 4 rings (SSSR count). The second-order valence-electron chi connectivity index (χ2n) is 7.01. The van der Waals surface area contributed by atoms with Crippen molar-refractivity contribution >= 4 is 32.3 Å². The lowest BCUT2D eigenvalue weighted by Crippen LogP contribution is -2.34. The van der Waals surface area contributed by atoms with Crippen LogP contribution in [0.1, 0.15) is 24.3 Å². The normalized spacial score (nSPS) is 15.8. The number of anilines is 1. The van der Waals surface area contributed by atoms with Crippen LogP contribution in [0.25, 0.3) is 10.9 Å². The Morgan fingerprint density at radius 3 is 2.54 bits per heavy atom. The Hall–Kier alpha value is -2.91. The minimum Gasteiger partial charge on any atom is -0.370 e. The van der Waals surface area contributed by atoms with Crippen molar-refractivity contribution in [2.45, 2.75) is 23.7 Å². The minimum atomic E-state index is -4.08. The molecule has 1 fully saturated rings. The highest BCUT2D eigenvalue weighted by molar-refractivity contribution is 7.89. The first-order chi connectivity index (χ1) is 13.3. The highest BCUT2D eigenvalue weighted by Crippen LogP contribution is 2.36. The predicted octanol–water partition coefficient (Wildman–Crippen LogP) is 3.11. The zero-order valence-corrected chi connectivity index (χ0v) is 15.9. The maximum Gasteiger partial charge on any atom is 0.270 e. The van der Waals surface area contributed by atoms with Crippen molar-refractivity contribution < 1.29 is 13.3 Å². The third-order valence-electron chi connectivity index (χ3n) is 5.36. The lowest BCUT2D eigenvalue weighted by molar-refractivity contribution is -0.385. The van der Waals surface area contributed by atoms with Gasteiger partial charge in [0.1, 0.15) is 4.90 Å². The number of H-pyrrole nitrogens is 1. The number of nitrogens with two attached hydrogens (primary N) is 1. The molecule has 0 bridgehead atoms. The maximum absolute atomic E-state index is 12.0. The number of aromatic nitrogens is 1. The number of hydrogen-bond donors (Lipinski definition) is 2. The van der Waals surface area contributed by atoms with Crippen molar-refractivity contribution in [1.29, 1.82) is 0 Å². The molecule has 0 unspecified atom stereocenters. The summed E-state index contributed by atoms with van der Waals surface area (Å²) in [6, 6.07) is 12.0.